The summed E-state index contributed by atoms with van der Waals surface area (Å²) in [5.41, 5.74) is 0.335. The van der Waals surface area contributed by atoms with Crippen molar-refractivity contribution < 1.29 is 24.2 Å². The van der Waals surface area contributed by atoms with Gasteiger partial charge in [-0.2, -0.15) is 0 Å². The van der Waals surface area contributed by atoms with Crippen molar-refractivity contribution in [1.29, 1.82) is 0 Å². The van der Waals surface area contributed by atoms with Crippen LogP contribution in [0.15, 0.2) is 98.1 Å². The Morgan fingerprint density at radius 1 is 0.889 bits per heavy atom. The number of aliphatic hydroxyl groups is 1. The van der Waals surface area contributed by atoms with Gasteiger partial charge >= 0.3 is 0 Å². The number of para-hydroxylation sites is 1. The number of fused-ring (bicyclic) bond motifs is 2. The highest BCUT2D eigenvalue weighted by molar-refractivity contribution is 6.07. The first-order valence-electron chi connectivity index (χ1n) is 15.9. The Morgan fingerprint density at radius 3 is 2.29 bits per heavy atom. The highest BCUT2D eigenvalue weighted by Crippen LogP contribution is 2.59. The van der Waals surface area contributed by atoms with Gasteiger partial charge in [0.2, 0.25) is 11.8 Å². The molecule has 45 heavy (non-hydrogen) atoms. The molecule has 3 aliphatic rings. The normalized spacial score (nSPS) is 24.9. The predicted molar refractivity (Wildman–Crippen MR) is 176 cm³/mol. The maximum atomic E-state index is 14.8. The SMILES string of the molecule is C=CCN(C(=O)C1N(CCCCCO)C(=O)[C@@H]2[C@H](C(=O)N(CC=C)c3ccccc3)[C@@H]3CCC12O3)c1ccc2ccccc2c1. The fourth-order valence-electron chi connectivity index (χ4n) is 7.71. The summed E-state index contributed by atoms with van der Waals surface area (Å²) < 4.78 is 6.73. The van der Waals surface area contributed by atoms with E-state index in [-0.39, 0.29) is 30.9 Å². The molecule has 234 valence electrons. The van der Waals surface area contributed by atoms with Crippen molar-refractivity contribution in [2.75, 3.05) is 36.0 Å². The van der Waals surface area contributed by atoms with Gasteiger partial charge in [-0.15, -0.1) is 13.2 Å². The van der Waals surface area contributed by atoms with Crippen LogP contribution in [0, 0.1) is 11.8 Å². The standard InChI is InChI=1S/C37H41N3O5/c1-3-21-38(28-15-7-5-8-16-28)34(42)31-30-19-20-37(45-30)32(31)35(43)40(23-11-6-12-24-41)33(37)36(44)39(22-4-2)29-18-17-26-13-9-10-14-27(26)25-29/h3-5,7-10,13-18,25,30-33,41H,1-2,6,11-12,19-24H2/t30-,31+,32-,33?,37?/m0/s1. The Balaban J connectivity index is 1.39. The van der Waals surface area contributed by atoms with Crippen LogP contribution in [0.25, 0.3) is 10.8 Å². The first-order chi connectivity index (χ1) is 21.9. The number of anilines is 2. The Labute approximate surface area is 264 Å². The fraction of sp³-hybridized carbons (Fsp3) is 0.378. The van der Waals surface area contributed by atoms with E-state index in [0.29, 0.717) is 50.9 Å². The number of carbonyl (C=O) groups excluding carboxylic acids is 3. The molecule has 3 aliphatic heterocycles. The predicted octanol–water partition coefficient (Wildman–Crippen LogP) is 5.12. The lowest BCUT2D eigenvalue weighted by atomic mass is 9.70. The van der Waals surface area contributed by atoms with Crippen molar-refractivity contribution in [1.82, 2.24) is 4.90 Å². The van der Waals surface area contributed by atoms with E-state index in [1.54, 1.807) is 26.9 Å². The van der Waals surface area contributed by atoms with Crippen LogP contribution in [-0.4, -0.2) is 71.7 Å². The van der Waals surface area contributed by atoms with E-state index in [4.69, 9.17) is 4.74 Å². The summed E-state index contributed by atoms with van der Waals surface area (Å²) >= 11 is 0. The minimum absolute atomic E-state index is 0.0674. The Kier molecular flexibility index (Phi) is 8.88. The molecule has 3 saturated heterocycles. The van der Waals surface area contributed by atoms with Crippen LogP contribution in [0.5, 0.6) is 0 Å². The van der Waals surface area contributed by atoms with Gasteiger partial charge in [-0.25, -0.2) is 0 Å². The quantitative estimate of drug-likeness (QED) is 0.215. The molecule has 3 amide bonds. The molecule has 2 bridgehead atoms. The number of amides is 3. The van der Waals surface area contributed by atoms with E-state index in [1.807, 2.05) is 72.8 Å². The molecule has 0 aliphatic carbocycles. The lowest BCUT2D eigenvalue weighted by Gasteiger charge is -2.37. The minimum atomic E-state index is -1.11. The molecule has 3 aromatic carbocycles. The highest BCUT2D eigenvalue weighted by atomic mass is 16.5. The zero-order valence-electron chi connectivity index (χ0n) is 25.6. The molecular weight excluding hydrogens is 566 g/mol. The zero-order valence-corrected chi connectivity index (χ0v) is 25.6. The number of benzene rings is 3. The van der Waals surface area contributed by atoms with Crippen molar-refractivity contribution in [2.24, 2.45) is 11.8 Å². The average molecular weight is 608 g/mol. The summed E-state index contributed by atoms with van der Waals surface area (Å²) in [6, 6.07) is 22.4. The van der Waals surface area contributed by atoms with Gasteiger partial charge in [0, 0.05) is 37.6 Å². The second-order valence-corrected chi connectivity index (χ2v) is 12.2. The van der Waals surface area contributed by atoms with Crippen LogP contribution in [0.1, 0.15) is 32.1 Å². The van der Waals surface area contributed by atoms with Crippen molar-refractivity contribution in [2.45, 2.75) is 49.9 Å². The van der Waals surface area contributed by atoms with Gasteiger partial charge in [0.1, 0.15) is 11.6 Å². The smallest absolute Gasteiger partial charge is 0.253 e. The van der Waals surface area contributed by atoms with Gasteiger partial charge in [-0.1, -0.05) is 60.7 Å². The van der Waals surface area contributed by atoms with Gasteiger partial charge in [0.15, 0.2) is 0 Å². The summed E-state index contributed by atoms with van der Waals surface area (Å²) in [5, 5.41) is 11.4. The molecule has 0 radical (unpaired) electrons. The first-order valence-corrected chi connectivity index (χ1v) is 15.9. The molecule has 3 aromatic rings. The van der Waals surface area contributed by atoms with Crippen LogP contribution in [0.3, 0.4) is 0 Å². The number of unbranched alkanes of at least 4 members (excludes halogenated alkanes) is 2. The summed E-state index contributed by atoms with van der Waals surface area (Å²) in [6.07, 6.45) is 5.99. The number of likely N-dealkylation sites (tertiary alicyclic amines) is 1. The molecule has 8 heteroatoms. The lowest BCUT2D eigenvalue weighted by molar-refractivity contribution is -0.140. The molecule has 8 nitrogen and oxygen atoms in total. The molecule has 1 N–H and O–H groups in total. The second kappa shape index (κ2) is 13.0. The number of hydrogen-bond acceptors (Lipinski definition) is 5. The summed E-state index contributed by atoms with van der Waals surface area (Å²) in [6.45, 7) is 8.76. The first kappa shape index (κ1) is 30.7. The van der Waals surface area contributed by atoms with Crippen LogP contribution in [-0.2, 0) is 19.1 Å². The van der Waals surface area contributed by atoms with Gasteiger partial charge in [0.25, 0.3) is 5.91 Å². The summed E-state index contributed by atoms with van der Waals surface area (Å²) in [4.78, 5) is 48.7. The topological polar surface area (TPSA) is 90.4 Å². The van der Waals surface area contributed by atoms with Gasteiger partial charge in [-0.3, -0.25) is 14.4 Å². The number of rotatable bonds is 13. The number of hydrogen-bond donors (Lipinski definition) is 1. The fourth-order valence-corrected chi connectivity index (χ4v) is 7.71. The number of aliphatic hydroxyl groups excluding tert-OH is 1. The van der Waals surface area contributed by atoms with E-state index in [2.05, 4.69) is 13.2 Å². The highest BCUT2D eigenvalue weighted by Gasteiger charge is 2.74. The lowest BCUT2D eigenvalue weighted by Crippen LogP contribution is -2.56. The van der Waals surface area contributed by atoms with Crippen molar-refractivity contribution in [3.05, 3.63) is 98.1 Å². The molecule has 5 atom stereocenters. The van der Waals surface area contributed by atoms with Crippen molar-refractivity contribution in [3.63, 3.8) is 0 Å². The third kappa shape index (κ3) is 5.36. The van der Waals surface area contributed by atoms with Crippen LogP contribution in [0.2, 0.25) is 0 Å². The molecule has 2 unspecified atom stereocenters. The van der Waals surface area contributed by atoms with E-state index >= 15 is 0 Å². The van der Waals surface area contributed by atoms with Crippen molar-refractivity contribution in [3.8, 4) is 0 Å². The summed E-state index contributed by atoms with van der Waals surface area (Å²) in [5.74, 6) is -2.10. The van der Waals surface area contributed by atoms with E-state index in [0.717, 1.165) is 16.5 Å². The van der Waals surface area contributed by atoms with Gasteiger partial charge in [-0.05, 0) is 67.1 Å². The molecule has 0 aromatic heterocycles. The molecular formula is C37H41N3O5. The Bertz CT molecular complexity index is 1590. The average Bonchev–Trinajstić information content (AvgIpc) is 3.71. The third-order valence-corrected chi connectivity index (χ3v) is 9.64. The Hall–Kier alpha value is -4.27. The maximum absolute atomic E-state index is 14.8. The monoisotopic (exact) mass is 607 g/mol. The van der Waals surface area contributed by atoms with Crippen LogP contribution < -0.4 is 9.80 Å². The molecule has 3 fully saturated rings. The van der Waals surface area contributed by atoms with E-state index < -0.39 is 29.6 Å². The summed E-state index contributed by atoms with van der Waals surface area (Å²) in [7, 11) is 0. The number of ether oxygens (including phenoxy) is 1. The van der Waals surface area contributed by atoms with E-state index in [1.165, 1.54) is 0 Å². The van der Waals surface area contributed by atoms with Gasteiger partial charge in [0.05, 0.1) is 17.9 Å². The molecule has 3 heterocycles. The number of nitrogens with zero attached hydrogens (tertiary/aromatic N) is 3. The maximum Gasteiger partial charge on any atom is 0.253 e. The largest absolute Gasteiger partial charge is 0.396 e. The number of carbonyl (C=O) groups is 3. The van der Waals surface area contributed by atoms with Crippen LogP contribution in [0.4, 0.5) is 11.4 Å². The zero-order chi connectivity index (χ0) is 31.6. The molecule has 6 rings (SSSR count). The molecule has 0 saturated carbocycles. The second-order valence-electron chi connectivity index (χ2n) is 12.2. The van der Waals surface area contributed by atoms with E-state index in [9.17, 15) is 19.5 Å². The molecule has 1 spiro atoms. The minimum Gasteiger partial charge on any atom is -0.396 e. The van der Waals surface area contributed by atoms with Crippen LogP contribution >= 0.6 is 0 Å². The Morgan fingerprint density at radius 2 is 1.58 bits per heavy atom. The van der Waals surface area contributed by atoms with Crippen molar-refractivity contribution >= 4 is 39.9 Å². The third-order valence-electron chi connectivity index (χ3n) is 9.64. The van der Waals surface area contributed by atoms with Gasteiger partial charge < -0.3 is 24.5 Å².